The number of benzene rings is 2. The van der Waals surface area contributed by atoms with Gasteiger partial charge >= 0.3 is 6.03 Å². The summed E-state index contributed by atoms with van der Waals surface area (Å²) in [5.74, 6) is -4.60. The number of rotatable bonds is 5. The topological polar surface area (TPSA) is 52.7 Å². The second kappa shape index (κ2) is 10.4. The molecular formula is C24H23F4N3O2. The average Bonchev–Trinajstić information content (AvgIpc) is 2.75. The number of Topliss-reactive ketones (excluding diaryl/α,β-unsaturated/α-hetero) is 1. The summed E-state index contributed by atoms with van der Waals surface area (Å²) in [4.78, 5) is 29.0. The number of nitrogens with one attached hydrogen (secondary N) is 1. The van der Waals surface area contributed by atoms with Crippen molar-refractivity contribution in [1.29, 1.82) is 0 Å². The zero-order valence-electron chi connectivity index (χ0n) is 18.2. The molecule has 1 saturated heterocycles. The largest absolute Gasteiger partial charge is 0.337 e. The molecule has 9 heteroatoms. The normalized spacial score (nSPS) is 16.7. The zero-order valence-corrected chi connectivity index (χ0v) is 18.2. The number of hydrogen-bond donors (Lipinski definition) is 1. The van der Waals surface area contributed by atoms with Crippen LogP contribution in [0.1, 0.15) is 11.1 Å². The van der Waals surface area contributed by atoms with Gasteiger partial charge < -0.3 is 15.1 Å². The van der Waals surface area contributed by atoms with Crippen molar-refractivity contribution in [3.8, 4) is 0 Å². The van der Waals surface area contributed by atoms with Crippen LogP contribution in [0, 0.1) is 23.3 Å². The Balaban J connectivity index is 1.94. The zero-order chi connectivity index (χ0) is 24.1. The first kappa shape index (κ1) is 24.2. The summed E-state index contributed by atoms with van der Waals surface area (Å²) in [7, 11) is 3.72. The van der Waals surface area contributed by atoms with Crippen LogP contribution in [0.15, 0.2) is 47.5 Å². The number of ketones is 1. The number of carbonyl (C=O) groups excluding carboxylic acids is 2. The Labute approximate surface area is 189 Å². The second-order valence-corrected chi connectivity index (χ2v) is 7.91. The Kier molecular flexibility index (Phi) is 7.65. The summed E-state index contributed by atoms with van der Waals surface area (Å²) >= 11 is 0. The van der Waals surface area contributed by atoms with E-state index in [1.54, 1.807) is 0 Å². The van der Waals surface area contributed by atoms with Crippen LogP contribution >= 0.6 is 0 Å². The third-order valence-corrected chi connectivity index (χ3v) is 5.00. The van der Waals surface area contributed by atoms with Crippen LogP contribution in [0.25, 0.3) is 12.2 Å². The molecule has 0 atom stereocenters. The van der Waals surface area contributed by atoms with Crippen molar-refractivity contribution in [3.63, 3.8) is 0 Å². The summed E-state index contributed by atoms with van der Waals surface area (Å²) in [5, 5.41) is 2.76. The molecule has 1 aliphatic rings. The maximum atomic E-state index is 13.6. The summed E-state index contributed by atoms with van der Waals surface area (Å²) in [6.45, 7) is 0.871. The molecule has 174 valence electrons. The van der Waals surface area contributed by atoms with Gasteiger partial charge in [-0.05, 0) is 61.6 Å². The summed E-state index contributed by atoms with van der Waals surface area (Å²) < 4.78 is 53.8. The first-order valence-corrected chi connectivity index (χ1v) is 10.2. The lowest BCUT2D eigenvalue weighted by atomic mass is 9.94. The monoisotopic (exact) mass is 461 g/mol. The Morgan fingerprint density at radius 3 is 1.82 bits per heavy atom. The third-order valence-electron chi connectivity index (χ3n) is 5.00. The van der Waals surface area contributed by atoms with E-state index >= 15 is 0 Å². The molecule has 1 heterocycles. The van der Waals surface area contributed by atoms with Crippen LogP contribution in [0.5, 0.6) is 0 Å². The fraction of sp³-hybridized carbons (Fsp3) is 0.250. The molecule has 3 rings (SSSR count). The Hall–Kier alpha value is -3.46. The molecule has 0 saturated carbocycles. The number of nitrogens with zero attached hydrogens (tertiary/aromatic N) is 2. The maximum Gasteiger partial charge on any atom is 0.318 e. The van der Waals surface area contributed by atoms with E-state index < -0.39 is 35.1 Å². The second-order valence-electron chi connectivity index (χ2n) is 7.91. The van der Waals surface area contributed by atoms with Gasteiger partial charge in [0.05, 0.1) is 13.1 Å². The van der Waals surface area contributed by atoms with Crippen LogP contribution in [-0.4, -0.2) is 61.9 Å². The molecule has 1 N–H and O–H groups in total. The molecule has 0 unspecified atom stereocenters. The van der Waals surface area contributed by atoms with Crippen molar-refractivity contribution < 1.29 is 27.2 Å². The predicted octanol–water partition coefficient (Wildman–Crippen LogP) is 3.87. The van der Waals surface area contributed by atoms with E-state index in [1.807, 2.05) is 19.0 Å². The number of urea groups is 1. The minimum Gasteiger partial charge on any atom is -0.337 e. The van der Waals surface area contributed by atoms with Crippen LogP contribution in [-0.2, 0) is 4.79 Å². The number of carbonyl (C=O) groups is 2. The smallest absolute Gasteiger partial charge is 0.318 e. The minimum atomic E-state index is -1.07. The number of likely N-dealkylation sites (tertiary alicyclic amines) is 1. The highest BCUT2D eigenvalue weighted by atomic mass is 19.2. The number of amides is 2. The molecule has 33 heavy (non-hydrogen) atoms. The van der Waals surface area contributed by atoms with E-state index in [2.05, 4.69) is 5.32 Å². The SMILES string of the molecule is CN(C)CCNC(=O)N1C/C(=C\c2ccc(F)c(F)c2)C(=O)/C(=C/c2ccc(F)c(F)c2)C1. The molecule has 5 nitrogen and oxygen atoms in total. The summed E-state index contributed by atoms with van der Waals surface area (Å²) in [6, 6.07) is 5.99. The minimum absolute atomic E-state index is 0.0548. The van der Waals surface area contributed by atoms with E-state index in [0.717, 1.165) is 24.3 Å². The summed E-state index contributed by atoms with van der Waals surface area (Å²) in [6.07, 6.45) is 2.76. The van der Waals surface area contributed by atoms with Gasteiger partial charge in [-0.1, -0.05) is 12.1 Å². The van der Waals surface area contributed by atoms with E-state index in [9.17, 15) is 27.2 Å². The molecule has 0 aromatic heterocycles. The van der Waals surface area contributed by atoms with E-state index in [1.165, 1.54) is 29.2 Å². The van der Waals surface area contributed by atoms with Crippen LogP contribution in [0.4, 0.5) is 22.4 Å². The van der Waals surface area contributed by atoms with Crippen molar-refractivity contribution in [2.45, 2.75) is 0 Å². The van der Waals surface area contributed by atoms with Crippen molar-refractivity contribution in [2.24, 2.45) is 0 Å². The first-order valence-electron chi connectivity index (χ1n) is 10.2. The Bertz CT molecular complexity index is 1060. The van der Waals surface area contributed by atoms with Gasteiger partial charge in [-0.25, -0.2) is 22.4 Å². The molecule has 2 amide bonds. The fourth-order valence-corrected chi connectivity index (χ4v) is 3.29. The lowest BCUT2D eigenvalue weighted by molar-refractivity contribution is -0.113. The lowest BCUT2D eigenvalue weighted by Crippen LogP contribution is -2.47. The summed E-state index contributed by atoms with van der Waals surface area (Å²) in [5.41, 5.74) is 0.839. The van der Waals surface area contributed by atoms with Gasteiger partial charge in [-0.2, -0.15) is 0 Å². The quantitative estimate of drug-likeness (QED) is 0.544. The van der Waals surface area contributed by atoms with Crippen molar-refractivity contribution in [2.75, 3.05) is 40.3 Å². The highest BCUT2D eigenvalue weighted by Crippen LogP contribution is 2.23. The molecule has 0 bridgehead atoms. The van der Waals surface area contributed by atoms with E-state index in [0.29, 0.717) is 13.1 Å². The third kappa shape index (κ3) is 6.29. The van der Waals surface area contributed by atoms with Gasteiger partial charge in [0.15, 0.2) is 29.1 Å². The Morgan fingerprint density at radius 2 is 1.39 bits per heavy atom. The molecular weight excluding hydrogens is 438 g/mol. The average molecular weight is 461 g/mol. The number of halogens is 4. The highest BCUT2D eigenvalue weighted by Gasteiger charge is 2.29. The van der Waals surface area contributed by atoms with Crippen molar-refractivity contribution in [1.82, 2.24) is 15.1 Å². The van der Waals surface area contributed by atoms with Gasteiger partial charge in [-0.15, -0.1) is 0 Å². The number of hydrogen-bond acceptors (Lipinski definition) is 3. The maximum absolute atomic E-state index is 13.6. The van der Waals surface area contributed by atoms with Gasteiger partial charge in [0.2, 0.25) is 0 Å². The van der Waals surface area contributed by atoms with Gasteiger partial charge in [0, 0.05) is 24.2 Å². The van der Waals surface area contributed by atoms with Gasteiger partial charge in [-0.3, -0.25) is 4.79 Å². The molecule has 1 fully saturated rings. The predicted molar refractivity (Wildman–Crippen MR) is 117 cm³/mol. The van der Waals surface area contributed by atoms with Crippen molar-refractivity contribution >= 4 is 24.0 Å². The Morgan fingerprint density at radius 1 is 0.909 bits per heavy atom. The first-order chi connectivity index (χ1) is 15.6. The van der Waals surface area contributed by atoms with E-state index in [4.69, 9.17) is 0 Å². The lowest BCUT2D eigenvalue weighted by Gasteiger charge is -2.30. The number of likely N-dealkylation sites (N-methyl/N-ethyl adjacent to an activating group) is 1. The molecule has 0 spiro atoms. The van der Waals surface area contributed by atoms with Gasteiger partial charge in [0.25, 0.3) is 0 Å². The van der Waals surface area contributed by atoms with Crippen LogP contribution in [0.2, 0.25) is 0 Å². The molecule has 0 radical (unpaired) electrons. The molecule has 2 aromatic carbocycles. The molecule has 2 aromatic rings. The fourth-order valence-electron chi connectivity index (χ4n) is 3.29. The van der Waals surface area contributed by atoms with Crippen molar-refractivity contribution in [3.05, 3.63) is 81.9 Å². The molecule has 1 aliphatic heterocycles. The highest BCUT2D eigenvalue weighted by molar-refractivity contribution is 6.15. The van der Waals surface area contributed by atoms with Gasteiger partial charge in [0.1, 0.15) is 0 Å². The van der Waals surface area contributed by atoms with Crippen LogP contribution < -0.4 is 5.32 Å². The van der Waals surface area contributed by atoms with E-state index in [-0.39, 0.29) is 35.4 Å². The standard InChI is InChI=1S/C24H23F4N3O2/c1-30(2)8-7-29-24(33)31-13-17(9-15-3-5-19(25)21(27)11-15)23(32)18(14-31)10-16-4-6-20(26)22(28)12-16/h3-6,9-12H,7-8,13-14H2,1-2H3,(H,29,33)/b17-9+,18-10+. The number of piperidine rings is 1. The van der Waals surface area contributed by atoms with Crippen LogP contribution in [0.3, 0.4) is 0 Å². The molecule has 0 aliphatic carbocycles.